The lowest BCUT2D eigenvalue weighted by atomic mass is 10.2. The Bertz CT molecular complexity index is 1250. The van der Waals surface area contributed by atoms with E-state index in [0.29, 0.717) is 20.3 Å². The lowest BCUT2D eigenvalue weighted by molar-refractivity contribution is -0.144. The molecule has 12 heteroatoms. The van der Waals surface area contributed by atoms with Crippen LogP contribution in [0.2, 0.25) is 0 Å². The summed E-state index contributed by atoms with van der Waals surface area (Å²) in [5.74, 6) is -0.952. The van der Waals surface area contributed by atoms with Crippen molar-refractivity contribution in [1.29, 1.82) is 0 Å². The van der Waals surface area contributed by atoms with E-state index in [1.54, 1.807) is 0 Å². The molecule has 3 atom stereocenters. The van der Waals surface area contributed by atoms with E-state index in [1.165, 1.54) is 6.07 Å². The zero-order valence-corrected chi connectivity index (χ0v) is 16.7. The Morgan fingerprint density at radius 1 is 1.10 bits per heavy atom. The van der Waals surface area contributed by atoms with Crippen LogP contribution in [0, 0.1) is 5.82 Å². The lowest BCUT2D eigenvalue weighted by Crippen LogP contribution is -2.41. The second-order valence-electron chi connectivity index (χ2n) is 6.92. The van der Waals surface area contributed by atoms with Gasteiger partial charge in [0.25, 0.3) is 5.56 Å². The third kappa shape index (κ3) is 3.24. The maximum absolute atomic E-state index is 14.7. The van der Waals surface area contributed by atoms with Crippen molar-refractivity contribution in [3.8, 4) is 5.69 Å². The number of halogens is 4. The first-order valence-electron chi connectivity index (χ1n) is 8.79. The highest BCUT2D eigenvalue weighted by molar-refractivity contribution is 7.13. The van der Waals surface area contributed by atoms with Gasteiger partial charge in [-0.1, -0.05) is 0 Å². The van der Waals surface area contributed by atoms with Crippen LogP contribution >= 0.6 is 11.5 Å². The molecule has 7 nitrogen and oxygen atoms in total. The number of ether oxygens (including phenoxy) is 2. The van der Waals surface area contributed by atoms with Crippen molar-refractivity contribution in [3.63, 3.8) is 0 Å². The maximum atomic E-state index is 14.7. The van der Waals surface area contributed by atoms with Crippen molar-refractivity contribution in [3.05, 3.63) is 56.2 Å². The van der Waals surface area contributed by atoms with Crippen LogP contribution in [0.4, 0.5) is 17.6 Å². The van der Waals surface area contributed by atoms with E-state index in [-0.39, 0.29) is 22.8 Å². The number of aromatic nitrogens is 3. The molecule has 0 radical (unpaired) electrons. The molecular formula is C18H15F4N3O4S. The molecule has 0 amide bonds. The van der Waals surface area contributed by atoms with E-state index >= 15 is 0 Å². The van der Waals surface area contributed by atoms with Crippen molar-refractivity contribution in [2.24, 2.45) is 7.05 Å². The molecule has 1 aliphatic heterocycles. The van der Waals surface area contributed by atoms with Gasteiger partial charge in [-0.3, -0.25) is 9.36 Å². The van der Waals surface area contributed by atoms with Crippen LogP contribution in [-0.4, -0.2) is 25.7 Å². The summed E-state index contributed by atoms with van der Waals surface area (Å²) in [6, 6.07) is 2.52. The Hall–Kier alpha value is -2.57. The summed E-state index contributed by atoms with van der Waals surface area (Å²) in [6.07, 6.45) is -6.16. The molecule has 3 aromatic rings. The van der Waals surface area contributed by atoms with Crippen molar-refractivity contribution in [1.82, 2.24) is 13.5 Å². The van der Waals surface area contributed by atoms with Crippen LogP contribution < -0.4 is 11.2 Å². The Morgan fingerprint density at radius 3 is 2.33 bits per heavy atom. The molecule has 0 N–H and O–H groups in total. The van der Waals surface area contributed by atoms with E-state index < -0.39 is 40.9 Å². The number of fused-ring (bicyclic) bond motifs is 1. The molecule has 0 aliphatic carbocycles. The minimum atomic E-state index is -4.91. The average Bonchev–Trinajstić information content (AvgIpc) is 3.20. The van der Waals surface area contributed by atoms with Gasteiger partial charge in [-0.25, -0.2) is 13.8 Å². The van der Waals surface area contributed by atoms with Crippen LogP contribution in [0.25, 0.3) is 15.8 Å². The van der Waals surface area contributed by atoms with Crippen molar-refractivity contribution >= 4 is 21.6 Å². The highest BCUT2D eigenvalue weighted by Crippen LogP contribution is 2.37. The Labute approximate surface area is 170 Å². The topological polar surface area (TPSA) is 75.4 Å². The quantitative estimate of drug-likeness (QED) is 0.567. The number of alkyl halides is 3. The predicted molar refractivity (Wildman–Crippen MR) is 99.3 cm³/mol. The highest BCUT2D eigenvalue weighted by Gasteiger charge is 2.36. The fraction of sp³-hybridized carbons (Fsp3) is 0.389. The zero-order valence-electron chi connectivity index (χ0n) is 15.9. The van der Waals surface area contributed by atoms with Crippen LogP contribution in [0.15, 0.2) is 27.8 Å². The van der Waals surface area contributed by atoms with Crippen LogP contribution in [0.3, 0.4) is 0 Å². The first kappa shape index (κ1) is 20.7. The van der Waals surface area contributed by atoms with E-state index in [1.807, 2.05) is 13.8 Å². The fourth-order valence-corrected chi connectivity index (χ4v) is 4.00. The van der Waals surface area contributed by atoms with Gasteiger partial charge in [0.05, 0.1) is 22.6 Å². The van der Waals surface area contributed by atoms with Gasteiger partial charge >= 0.3 is 11.9 Å². The number of hydrogen-bond donors (Lipinski definition) is 0. The average molecular weight is 445 g/mol. The van der Waals surface area contributed by atoms with Crippen molar-refractivity contribution in [2.75, 3.05) is 0 Å². The van der Waals surface area contributed by atoms with Gasteiger partial charge in [0, 0.05) is 18.5 Å². The molecule has 160 valence electrons. The molecule has 1 fully saturated rings. The standard InChI is InChI=1S/C18H15F4N3O4S/c1-7-8(2)29-16(28-7)15-9-4-11(10(19)5-12(9)30-23-15)25-14(26)6-13(18(20,21)22)24(3)17(25)27/h4-8,16H,1-3H3/t7-,8+,16?. The highest BCUT2D eigenvalue weighted by atomic mass is 32.1. The summed E-state index contributed by atoms with van der Waals surface area (Å²) in [4.78, 5) is 24.8. The first-order chi connectivity index (χ1) is 14.0. The van der Waals surface area contributed by atoms with Crippen LogP contribution in [0.5, 0.6) is 0 Å². The summed E-state index contributed by atoms with van der Waals surface area (Å²) >= 11 is 0.969. The molecule has 4 rings (SSSR count). The van der Waals surface area contributed by atoms with Gasteiger partial charge in [0.1, 0.15) is 17.2 Å². The molecule has 1 saturated heterocycles. The smallest absolute Gasteiger partial charge is 0.341 e. The summed E-state index contributed by atoms with van der Waals surface area (Å²) in [5, 5.41) is 0.372. The minimum absolute atomic E-state index is 0.212. The summed E-state index contributed by atoms with van der Waals surface area (Å²) in [5.41, 5.74) is -4.20. The largest absolute Gasteiger partial charge is 0.431 e. The minimum Gasteiger partial charge on any atom is -0.341 e. The lowest BCUT2D eigenvalue weighted by Gasteiger charge is -2.14. The van der Waals surface area contributed by atoms with Crippen LogP contribution in [0.1, 0.15) is 31.5 Å². The van der Waals surface area contributed by atoms with Crippen molar-refractivity contribution in [2.45, 2.75) is 38.5 Å². The molecule has 2 aromatic heterocycles. The first-order valence-corrected chi connectivity index (χ1v) is 9.56. The number of rotatable bonds is 2. The third-order valence-electron chi connectivity index (χ3n) is 4.98. The zero-order chi connectivity index (χ0) is 22.0. The Morgan fingerprint density at radius 2 is 1.73 bits per heavy atom. The molecule has 0 bridgehead atoms. The Kier molecular flexibility index (Phi) is 4.83. The Balaban J connectivity index is 1.91. The summed E-state index contributed by atoms with van der Waals surface area (Å²) in [6.45, 7) is 3.63. The molecule has 0 saturated carbocycles. The number of hydrogen-bond acceptors (Lipinski definition) is 6. The van der Waals surface area contributed by atoms with Gasteiger partial charge in [-0.15, -0.1) is 0 Å². The van der Waals surface area contributed by atoms with Gasteiger partial charge < -0.3 is 9.47 Å². The molecule has 3 heterocycles. The summed E-state index contributed by atoms with van der Waals surface area (Å²) in [7, 11) is 0.859. The van der Waals surface area contributed by atoms with Gasteiger partial charge in [0.2, 0.25) is 6.29 Å². The van der Waals surface area contributed by atoms with Crippen LogP contribution in [-0.2, 0) is 22.7 Å². The normalized spacial score (nSPS) is 22.2. The number of nitrogens with zero attached hydrogens (tertiary/aromatic N) is 3. The number of benzene rings is 1. The molecule has 1 unspecified atom stereocenters. The predicted octanol–water partition coefficient (Wildman–Crippen LogP) is 3.13. The SMILES string of the molecule is C[C@@H]1OC(c2nsc3cc(F)c(-n4c(=O)cc(C(F)(F)F)n(C)c4=O)cc23)O[C@@H]1C. The fourth-order valence-electron chi connectivity index (χ4n) is 3.20. The molecule has 1 aliphatic rings. The monoisotopic (exact) mass is 445 g/mol. The second kappa shape index (κ2) is 7.00. The third-order valence-corrected chi connectivity index (χ3v) is 5.80. The molecule has 1 aromatic carbocycles. The van der Waals surface area contributed by atoms with E-state index in [4.69, 9.17) is 9.47 Å². The van der Waals surface area contributed by atoms with E-state index in [9.17, 15) is 27.2 Å². The molecular weight excluding hydrogens is 430 g/mol. The van der Waals surface area contributed by atoms with E-state index in [0.717, 1.165) is 24.6 Å². The van der Waals surface area contributed by atoms with Gasteiger partial charge in [-0.05, 0) is 37.5 Å². The molecule has 0 spiro atoms. The van der Waals surface area contributed by atoms with Crippen molar-refractivity contribution < 1.29 is 27.0 Å². The van der Waals surface area contributed by atoms with E-state index in [2.05, 4.69) is 4.37 Å². The van der Waals surface area contributed by atoms with Gasteiger partial charge in [-0.2, -0.15) is 17.5 Å². The maximum Gasteiger partial charge on any atom is 0.431 e. The molecule has 30 heavy (non-hydrogen) atoms. The summed E-state index contributed by atoms with van der Waals surface area (Å²) < 4.78 is 70.5. The van der Waals surface area contributed by atoms with Gasteiger partial charge in [0.15, 0.2) is 0 Å². The second-order valence-corrected chi connectivity index (χ2v) is 7.73.